The second-order valence-corrected chi connectivity index (χ2v) is 7.82. The number of imidazole rings is 1. The molecule has 1 amide bonds. The van der Waals surface area contributed by atoms with Gasteiger partial charge in [-0.3, -0.25) is 9.59 Å². The van der Waals surface area contributed by atoms with E-state index in [0.717, 1.165) is 11.1 Å². The number of carbonyl (C=O) groups is 2. The number of amides is 1. The molecule has 0 fully saturated rings. The van der Waals surface area contributed by atoms with Gasteiger partial charge >= 0.3 is 5.97 Å². The molecule has 0 saturated carbocycles. The molecule has 31 heavy (non-hydrogen) atoms. The smallest absolute Gasteiger partial charge is 0.306 e. The zero-order chi connectivity index (χ0) is 22.4. The Morgan fingerprint density at radius 1 is 1.23 bits per heavy atom. The van der Waals surface area contributed by atoms with Gasteiger partial charge in [0.25, 0.3) is 0 Å². The van der Waals surface area contributed by atoms with Gasteiger partial charge in [-0.05, 0) is 41.7 Å². The van der Waals surface area contributed by atoms with E-state index < -0.39 is 12.0 Å². The minimum atomic E-state index is -1.06. The van der Waals surface area contributed by atoms with Crippen LogP contribution in [0.25, 0.3) is 11.1 Å². The summed E-state index contributed by atoms with van der Waals surface area (Å²) in [5, 5.41) is 21.3. The standard InChI is InChI=1S/C23H25N5O3/c1-15(2)11-19(22-25-8-9-26-22)27-23(31)20(12-21(29)30)28-10-7-18(14-28)17-5-3-16(13-24)4-6-17/h3-10,14-15,19-20H,11-12H2,1-2H3,(H,25,26)(H,27,31)(H,29,30). The van der Waals surface area contributed by atoms with Gasteiger partial charge in [0.05, 0.1) is 24.1 Å². The number of nitriles is 1. The number of hydrogen-bond acceptors (Lipinski definition) is 4. The molecule has 160 valence electrons. The number of hydrogen-bond donors (Lipinski definition) is 3. The van der Waals surface area contributed by atoms with Crippen LogP contribution in [0.3, 0.4) is 0 Å². The zero-order valence-corrected chi connectivity index (χ0v) is 17.4. The van der Waals surface area contributed by atoms with Crippen molar-refractivity contribution in [1.82, 2.24) is 19.9 Å². The van der Waals surface area contributed by atoms with Gasteiger partial charge in [-0.1, -0.05) is 26.0 Å². The van der Waals surface area contributed by atoms with Crippen LogP contribution in [0.2, 0.25) is 0 Å². The number of rotatable bonds is 9. The largest absolute Gasteiger partial charge is 0.481 e. The second-order valence-electron chi connectivity index (χ2n) is 7.82. The van der Waals surface area contributed by atoms with Gasteiger partial charge < -0.3 is 20.0 Å². The van der Waals surface area contributed by atoms with E-state index in [2.05, 4.69) is 21.4 Å². The summed E-state index contributed by atoms with van der Waals surface area (Å²) in [5.41, 5.74) is 2.26. The Hall–Kier alpha value is -3.86. The molecule has 0 bridgehead atoms. The Morgan fingerprint density at radius 2 is 1.97 bits per heavy atom. The summed E-state index contributed by atoms with van der Waals surface area (Å²) in [6.45, 7) is 4.10. The van der Waals surface area contributed by atoms with E-state index in [-0.39, 0.29) is 18.4 Å². The summed E-state index contributed by atoms with van der Waals surface area (Å²) in [5.74, 6) is -0.497. The fourth-order valence-electron chi connectivity index (χ4n) is 3.46. The van der Waals surface area contributed by atoms with E-state index in [9.17, 15) is 14.7 Å². The number of carboxylic acids is 1. The number of nitrogens with zero attached hydrogens (tertiary/aromatic N) is 3. The molecular weight excluding hydrogens is 394 g/mol. The van der Waals surface area contributed by atoms with Gasteiger partial charge in [0, 0.05) is 24.8 Å². The van der Waals surface area contributed by atoms with Gasteiger partial charge in [0.15, 0.2) is 0 Å². The summed E-state index contributed by atoms with van der Waals surface area (Å²) in [6, 6.07) is 9.72. The average molecular weight is 419 g/mol. The quantitative estimate of drug-likeness (QED) is 0.488. The van der Waals surface area contributed by atoms with Gasteiger partial charge in [-0.25, -0.2) is 4.98 Å². The highest BCUT2D eigenvalue weighted by atomic mass is 16.4. The molecule has 0 spiro atoms. The zero-order valence-electron chi connectivity index (χ0n) is 17.4. The molecule has 3 aromatic rings. The van der Waals surface area contributed by atoms with E-state index in [0.29, 0.717) is 23.7 Å². The maximum absolute atomic E-state index is 13.1. The molecule has 0 radical (unpaired) electrons. The van der Waals surface area contributed by atoms with Crippen molar-refractivity contribution in [1.29, 1.82) is 5.26 Å². The Balaban J connectivity index is 1.84. The molecule has 2 heterocycles. The number of benzene rings is 1. The van der Waals surface area contributed by atoms with E-state index in [1.807, 2.05) is 32.0 Å². The van der Waals surface area contributed by atoms with Gasteiger partial charge in [0.1, 0.15) is 11.9 Å². The van der Waals surface area contributed by atoms with Crippen LogP contribution >= 0.6 is 0 Å². The molecule has 2 atom stereocenters. The molecule has 3 rings (SSSR count). The molecular formula is C23H25N5O3. The molecule has 0 saturated heterocycles. The second kappa shape index (κ2) is 9.76. The minimum Gasteiger partial charge on any atom is -0.481 e. The Kier molecular flexibility index (Phi) is 6.88. The normalized spacial score (nSPS) is 12.8. The van der Waals surface area contributed by atoms with Crippen LogP contribution in [0.5, 0.6) is 0 Å². The van der Waals surface area contributed by atoms with Crippen LogP contribution < -0.4 is 5.32 Å². The van der Waals surface area contributed by atoms with Crippen molar-refractivity contribution in [3.63, 3.8) is 0 Å². The van der Waals surface area contributed by atoms with Gasteiger partial charge in [-0.15, -0.1) is 0 Å². The Morgan fingerprint density at radius 3 is 2.55 bits per heavy atom. The molecule has 3 N–H and O–H groups in total. The lowest BCUT2D eigenvalue weighted by Gasteiger charge is -2.23. The van der Waals surface area contributed by atoms with Crippen molar-refractivity contribution in [2.45, 2.75) is 38.8 Å². The van der Waals surface area contributed by atoms with E-state index in [1.54, 1.807) is 41.5 Å². The van der Waals surface area contributed by atoms with Crippen molar-refractivity contribution in [2.24, 2.45) is 5.92 Å². The number of aliphatic carboxylic acids is 1. The van der Waals surface area contributed by atoms with Crippen LogP contribution in [0.4, 0.5) is 0 Å². The maximum Gasteiger partial charge on any atom is 0.306 e. The highest BCUT2D eigenvalue weighted by Crippen LogP contribution is 2.25. The first kappa shape index (κ1) is 21.8. The Labute approximate surface area is 180 Å². The molecule has 0 aliphatic heterocycles. The minimum absolute atomic E-state index is 0.308. The summed E-state index contributed by atoms with van der Waals surface area (Å²) in [7, 11) is 0. The molecule has 0 aliphatic carbocycles. The fraction of sp³-hybridized carbons (Fsp3) is 0.304. The summed E-state index contributed by atoms with van der Waals surface area (Å²) >= 11 is 0. The van der Waals surface area contributed by atoms with Crippen molar-refractivity contribution < 1.29 is 14.7 Å². The first-order valence-corrected chi connectivity index (χ1v) is 10.1. The highest BCUT2D eigenvalue weighted by Gasteiger charge is 2.27. The van der Waals surface area contributed by atoms with E-state index in [4.69, 9.17) is 5.26 Å². The lowest BCUT2D eigenvalue weighted by Crippen LogP contribution is -2.37. The van der Waals surface area contributed by atoms with Crippen molar-refractivity contribution in [2.75, 3.05) is 0 Å². The first-order valence-electron chi connectivity index (χ1n) is 10.1. The summed E-state index contributed by atoms with van der Waals surface area (Å²) in [4.78, 5) is 31.9. The van der Waals surface area contributed by atoms with E-state index >= 15 is 0 Å². The van der Waals surface area contributed by atoms with Crippen molar-refractivity contribution >= 4 is 11.9 Å². The highest BCUT2D eigenvalue weighted by molar-refractivity contribution is 5.85. The number of H-pyrrole nitrogens is 1. The molecule has 2 unspecified atom stereocenters. The number of aromatic nitrogens is 3. The average Bonchev–Trinajstić information content (AvgIpc) is 3.43. The topological polar surface area (TPSA) is 124 Å². The molecule has 8 nitrogen and oxygen atoms in total. The van der Waals surface area contributed by atoms with Gasteiger partial charge in [0.2, 0.25) is 5.91 Å². The van der Waals surface area contributed by atoms with E-state index in [1.165, 1.54) is 0 Å². The number of carbonyl (C=O) groups excluding carboxylic acids is 1. The van der Waals surface area contributed by atoms with Crippen LogP contribution in [0.1, 0.15) is 50.2 Å². The maximum atomic E-state index is 13.1. The van der Waals surface area contributed by atoms with Gasteiger partial charge in [-0.2, -0.15) is 5.26 Å². The van der Waals surface area contributed by atoms with Crippen LogP contribution in [0, 0.1) is 17.2 Å². The van der Waals surface area contributed by atoms with Crippen LogP contribution in [-0.4, -0.2) is 31.5 Å². The summed E-state index contributed by atoms with van der Waals surface area (Å²) < 4.78 is 1.62. The Bertz CT molecular complexity index is 1060. The lowest BCUT2D eigenvalue weighted by molar-refractivity contribution is -0.140. The third kappa shape index (κ3) is 5.60. The van der Waals surface area contributed by atoms with Crippen molar-refractivity contribution in [3.05, 3.63) is 66.5 Å². The molecule has 0 aliphatic rings. The SMILES string of the molecule is CC(C)CC(NC(=O)C(CC(=O)O)n1ccc(-c2ccc(C#N)cc2)c1)c1ncc[nH]1. The summed E-state index contributed by atoms with van der Waals surface area (Å²) in [6.07, 6.45) is 7.09. The van der Waals surface area contributed by atoms with Crippen LogP contribution in [-0.2, 0) is 9.59 Å². The third-order valence-corrected chi connectivity index (χ3v) is 4.97. The van der Waals surface area contributed by atoms with Crippen molar-refractivity contribution in [3.8, 4) is 17.2 Å². The third-order valence-electron chi connectivity index (χ3n) is 4.97. The monoisotopic (exact) mass is 419 g/mol. The predicted octanol–water partition coefficient (Wildman–Crippen LogP) is 3.67. The lowest BCUT2D eigenvalue weighted by atomic mass is 10.0. The fourth-order valence-corrected chi connectivity index (χ4v) is 3.46. The number of carboxylic acid groups (broad SMARTS) is 1. The number of aromatic amines is 1. The molecule has 2 aromatic heterocycles. The predicted molar refractivity (Wildman–Crippen MR) is 115 cm³/mol. The first-order chi connectivity index (χ1) is 14.9. The molecule has 8 heteroatoms. The van der Waals surface area contributed by atoms with Crippen LogP contribution in [0.15, 0.2) is 55.1 Å². The number of nitrogens with one attached hydrogen (secondary N) is 2. The molecule has 1 aromatic carbocycles.